The second-order valence-electron chi connectivity index (χ2n) is 3.32. The molecular formula is C12H9BrOS. The predicted octanol–water partition coefficient (Wildman–Crippen LogP) is 4.05. The number of hydrogen-bond acceptors (Lipinski definition) is 2. The first kappa shape index (κ1) is 10.6. The highest BCUT2D eigenvalue weighted by molar-refractivity contribution is 9.10. The van der Waals surface area contributed by atoms with Crippen LogP contribution in [-0.2, 0) is 0 Å². The molecule has 0 aliphatic rings. The maximum atomic E-state index is 12.1. The van der Waals surface area contributed by atoms with Crippen molar-refractivity contribution in [3.8, 4) is 0 Å². The van der Waals surface area contributed by atoms with E-state index in [0.717, 1.165) is 21.2 Å². The molecule has 0 atom stereocenters. The Morgan fingerprint density at radius 1 is 1.33 bits per heavy atom. The van der Waals surface area contributed by atoms with E-state index in [-0.39, 0.29) is 5.78 Å². The van der Waals surface area contributed by atoms with Crippen LogP contribution in [0.1, 0.15) is 21.5 Å². The molecule has 76 valence electrons. The van der Waals surface area contributed by atoms with E-state index in [2.05, 4.69) is 15.9 Å². The van der Waals surface area contributed by atoms with Gasteiger partial charge in [0.1, 0.15) is 0 Å². The third-order valence-electron chi connectivity index (χ3n) is 2.15. The third-order valence-corrected chi connectivity index (χ3v) is 3.52. The smallest absolute Gasteiger partial charge is 0.195 e. The number of benzene rings is 1. The van der Waals surface area contributed by atoms with Gasteiger partial charge in [0.05, 0.1) is 0 Å². The summed E-state index contributed by atoms with van der Waals surface area (Å²) in [6.07, 6.45) is 0. The standard InChI is InChI=1S/C12H9BrOS/c1-8-2-3-11(13)10(6-8)12(14)9-4-5-15-7-9/h2-7H,1H3. The number of carbonyl (C=O) groups excluding carboxylic acids is 1. The monoisotopic (exact) mass is 280 g/mol. The lowest BCUT2D eigenvalue weighted by Gasteiger charge is -2.03. The zero-order valence-electron chi connectivity index (χ0n) is 8.16. The molecule has 0 aliphatic heterocycles. The Kier molecular flexibility index (Phi) is 3.03. The van der Waals surface area contributed by atoms with Crippen molar-refractivity contribution in [1.29, 1.82) is 0 Å². The molecule has 0 bridgehead atoms. The van der Waals surface area contributed by atoms with Gasteiger partial charge in [0, 0.05) is 21.0 Å². The maximum Gasteiger partial charge on any atom is 0.195 e. The fourth-order valence-electron chi connectivity index (χ4n) is 1.36. The van der Waals surface area contributed by atoms with E-state index in [1.165, 1.54) is 11.3 Å². The minimum Gasteiger partial charge on any atom is -0.289 e. The van der Waals surface area contributed by atoms with Gasteiger partial charge in [0.2, 0.25) is 0 Å². The first-order valence-electron chi connectivity index (χ1n) is 4.51. The Bertz CT molecular complexity index is 488. The topological polar surface area (TPSA) is 17.1 Å². The normalized spacial score (nSPS) is 10.3. The summed E-state index contributed by atoms with van der Waals surface area (Å²) in [5.41, 5.74) is 2.58. The van der Waals surface area contributed by atoms with Crippen molar-refractivity contribution >= 4 is 33.0 Å². The zero-order valence-corrected chi connectivity index (χ0v) is 10.6. The SMILES string of the molecule is Cc1ccc(Br)c(C(=O)c2ccsc2)c1. The Balaban J connectivity index is 2.46. The second-order valence-corrected chi connectivity index (χ2v) is 4.96. The molecule has 0 radical (unpaired) electrons. The van der Waals surface area contributed by atoms with Gasteiger partial charge in [-0.25, -0.2) is 0 Å². The van der Waals surface area contributed by atoms with Crippen LogP contribution in [-0.4, -0.2) is 5.78 Å². The summed E-state index contributed by atoms with van der Waals surface area (Å²) in [6, 6.07) is 7.65. The van der Waals surface area contributed by atoms with Gasteiger partial charge >= 0.3 is 0 Å². The van der Waals surface area contributed by atoms with Crippen LogP contribution < -0.4 is 0 Å². The third kappa shape index (κ3) is 2.19. The number of thiophene rings is 1. The number of hydrogen-bond donors (Lipinski definition) is 0. The maximum absolute atomic E-state index is 12.1. The summed E-state index contributed by atoms with van der Waals surface area (Å²) in [4.78, 5) is 12.1. The molecule has 0 saturated carbocycles. The second kappa shape index (κ2) is 4.29. The molecule has 2 aromatic rings. The fraction of sp³-hybridized carbons (Fsp3) is 0.0833. The van der Waals surface area contributed by atoms with Crippen molar-refractivity contribution in [1.82, 2.24) is 0 Å². The number of carbonyl (C=O) groups is 1. The van der Waals surface area contributed by atoms with Crippen LogP contribution in [0.4, 0.5) is 0 Å². The highest BCUT2D eigenvalue weighted by atomic mass is 79.9. The molecule has 0 aliphatic carbocycles. The van der Waals surface area contributed by atoms with Crippen molar-refractivity contribution in [3.05, 3.63) is 56.2 Å². The van der Waals surface area contributed by atoms with Gasteiger partial charge in [0.15, 0.2) is 5.78 Å². The summed E-state index contributed by atoms with van der Waals surface area (Å²) >= 11 is 4.94. The van der Waals surface area contributed by atoms with Crippen molar-refractivity contribution in [2.45, 2.75) is 6.92 Å². The summed E-state index contributed by atoms with van der Waals surface area (Å²) in [5, 5.41) is 3.79. The molecule has 15 heavy (non-hydrogen) atoms. The van der Waals surface area contributed by atoms with Gasteiger partial charge in [-0.3, -0.25) is 4.79 Å². The van der Waals surface area contributed by atoms with E-state index < -0.39 is 0 Å². The quantitative estimate of drug-likeness (QED) is 0.759. The molecule has 0 saturated heterocycles. The zero-order chi connectivity index (χ0) is 10.8. The van der Waals surface area contributed by atoms with E-state index >= 15 is 0 Å². The van der Waals surface area contributed by atoms with Gasteiger partial charge in [-0.1, -0.05) is 27.6 Å². The molecule has 2 rings (SSSR count). The van der Waals surface area contributed by atoms with Crippen molar-refractivity contribution in [2.75, 3.05) is 0 Å². The molecule has 3 heteroatoms. The molecule has 0 N–H and O–H groups in total. The fourth-order valence-corrected chi connectivity index (χ4v) is 2.42. The van der Waals surface area contributed by atoms with Gasteiger partial charge in [-0.15, -0.1) is 0 Å². The van der Waals surface area contributed by atoms with Gasteiger partial charge < -0.3 is 0 Å². The van der Waals surface area contributed by atoms with Crippen LogP contribution in [0.3, 0.4) is 0 Å². The first-order chi connectivity index (χ1) is 7.18. The van der Waals surface area contributed by atoms with Crippen LogP contribution in [0, 0.1) is 6.92 Å². The summed E-state index contributed by atoms with van der Waals surface area (Å²) in [6.45, 7) is 1.98. The summed E-state index contributed by atoms with van der Waals surface area (Å²) < 4.78 is 0.851. The largest absolute Gasteiger partial charge is 0.289 e. The predicted molar refractivity (Wildman–Crippen MR) is 66.6 cm³/mol. The van der Waals surface area contributed by atoms with Crippen LogP contribution in [0.25, 0.3) is 0 Å². The lowest BCUT2D eigenvalue weighted by Crippen LogP contribution is -2.00. The van der Waals surface area contributed by atoms with Crippen molar-refractivity contribution < 1.29 is 4.79 Å². The number of rotatable bonds is 2. The van der Waals surface area contributed by atoms with E-state index in [1.807, 2.05) is 41.9 Å². The van der Waals surface area contributed by atoms with E-state index in [4.69, 9.17) is 0 Å². The Morgan fingerprint density at radius 3 is 2.80 bits per heavy atom. The number of ketones is 1. The summed E-state index contributed by atoms with van der Waals surface area (Å²) in [7, 11) is 0. The van der Waals surface area contributed by atoms with Crippen LogP contribution >= 0.6 is 27.3 Å². The molecule has 0 unspecified atom stereocenters. The Labute approximate surface area is 101 Å². The lowest BCUT2D eigenvalue weighted by molar-refractivity contribution is 0.103. The molecule has 0 amide bonds. The minimum atomic E-state index is 0.0758. The van der Waals surface area contributed by atoms with Gasteiger partial charge in [0.25, 0.3) is 0 Å². The highest BCUT2D eigenvalue weighted by Crippen LogP contribution is 2.22. The molecular weight excluding hydrogens is 272 g/mol. The van der Waals surface area contributed by atoms with Crippen molar-refractivity contribution in [3.63, 3.8) is 0 Å². The minimum absolute atomic E-state index is 0.0758. The molecule has 1 nitrogen and oxygen atoms in total. The number of halogens is 1. The van der Waals surface area contributed by atoms with Gasteiger partial charge in [-0.2, -0.15) is 11.3 Å². The van der Waals surface area contributed by atoms with Crippen LogP contribution in [0.15, 0.2) is 39.5 Å². The summed E-state index contributed by atoms with van der Waals surface area (Å²) in [5.74, 6) is 0.0758. The van der Waals surface area contributed by atoms with E-state index in [1.54, 1.807) is 0 Å². The molecule has 1 heterocycles. The van der Waals surface area contributed by atoms with E-state index in [0.29, 0.717) is 0 Å². The lowest BCUT2D eigenvalue weighted by atomic mass is 10.0. The number of aryl methyl sites for hydroxylation is 1. The molecule has 0 fully saturated rings. The average molecular weight is 281 g/mol. The average Bonchev–Trinajstić information content (AvgIpc) is 2.74. The first-order valence-corrected chi connectivity index (χ1v) is 6.25. The van der Waals surface area contributed by atoms with Crippen LogP contribution in [0.5, 0.6) is 0 Å². The molecule has 1 aromatic carbocycles. The molecule has 0 spiro atoms. The Hall–Kier alpha value is -0.930. The van der Waals surface area contributed by atoms with Crippen molar-refractivity contribution in [2.24, 2.45) is 0 Å². The Morgan fingerprint density at radius 2 is 2.13 bits per heavy atom. The van der Waals surface area contributed by atoms with E-state index in [9.17, 15) is 4.79 Å². The van der Waals surface area contributed by atoms with Gasteiger partial charge in [-0.05, 0) is 30.5 Å². The van der Waals surface area contributed by atoms with Crippen LogP contribution in [0.2, 0.25) is 0 Å². The highest BCUT2D eigenvalue weighted by Gasteiger charge is 2.12. The molecule has 1 aromatic heterocycles.